The first-order valence-electron chi connectivity index (χ1n) is 5.69. The Kier molecular flexibility index (Phi) is 4.27. The summed E-state index contributed by atoms with van der Waals surface area (Å²) in [7, 11) is 0. The van der Waals surface area contributed by atoms with Gasteiger partial charge in [0.2, 0.25) is 0 Å². The Balaban J connectivity index is 2.30. The lowest BCUT2D eigenvalue weighted by Crippen LogP contribution is -2.12. The van der Waals surface area contributed by atoms with Gasteiger partial charge in [-0.25, -0.2) is 9.55 Å². The third kappa shape index (κ3) is 2.92. The van der Waals surface area contributed by atoms with Gasteiger partial charge in [0.15, 0.2) is 5.82 Å². The Labute approximate surface area is 124 Å². The largest absolute Gasteiger partial charge is 0.384 e. The average molecular weight is 316 g/mol. The van der Waals surface area contributed by atoms with Crippen LogP contribution in [0.15, 0.2) is 24.4 Å². The molecule has 6 nitrogen and oxygen atoms in total. The van der Waals surface area contributed by atoms with Crippen LogP contribution in [0.4, 0.5) is 5.82 Å². The monoisotopic (exact) mass is 315 g/mol. The minimum absolute atomic E-state index is 0.0104. The van der Waals surface area contributed by atoms with E-state index < -0.39 is 11.0 Å². The number of hydrogen-bond donors (Lipinski definition) is 1. The summed E-state index contributed by atoms with van der Waals surface area (Å²) in [4.78, 5) is 14.2. The molecule has 20 heavy (non-hydrogen) atoms. The SMILES string of the molecule is Cc1ncc([N+](=O)[O-])n1CC(O)c1ccc(Cl)cc1Cl. The van der Waals surface area contributed by atoms with Crippen molar-refractivity contribution in [2.75, 3.05) is 0 Å². The van der Waals surface area contributed by atoms with Crippen molar-refractivity contribution in [3.8, 4) is 0 Å². The first-order chi connectivity index (χ1) is 9.40. The molecule has 1 heterocycles. The van der Waals surface area contributed by atoms with Crippen LogP contribution in [0.3, 0.4) is 0 Å². The first kappa shape index (κ1) is 14.8. The Bertz CT molecular complexity index is 657. The van der Waals surface area contributed by atoms with E-state index in [2.05, 4.69) is 4.98 Å². The van der Waals surface area contributed by atoms with Gasteiger partial charge in [-0.3, -0.25) is 0 Å². The van der Waals surface area contributed by atoms with Crippen LogP contribution in [0.2, 0.25) is 10.0 Å². The molecule has 0 aliphatic carbocycles. The van der Waals surface area contributed by atoms with E-state index >= 15 is 0 Å². The molecule has 1 aromatic heterocycles. The number of aliphatic hydroxyl groups is 1. The summed E-state index contributed by atoms with van der Waals surface area (Å²) in [6.45, 7) is 1.62. The highest BCUT2D eigenvalue weighted by atomic mass is 35.5. The van der Waals surface area contributed by atoms with Gasteiger partial charge in [0, 0.05) is 22.5 Å². The molecule has 0 saturated carbocycles. The molecule has 0 aliphatic rings. The summed E-state index contributed by atoms with van der Waals surface area (Å²) in [6.07, 6.45) is 0.164. The van der Waals surface area contributed by atoms with Crippen LogP contribution in [-0.4, -0.2) is 19.6 Å². The maximum absolute atomic E-state index is 10.9. The fourth-order valence-corrected chi connectivity index (χ4v) is 2.41. The van der Waals surface area contributed by atoms with Crippen molar-refractivity contribution in [3.05, 3.63) is 55.9 Å². The number of imidazole rings is 1. The van der Waals surface area contributed by atoms with Crippen molar-refractivity contribution in [3.63, 3.8) is 0 Å². The topological polar surface area (TPSA) is 81.2 Å². The van der Waals surface area contributed by atoms with E-state index in [4.69, 9.17) is 23.2 Å². The smallest absolute Gasteiger partial charge is 0.342 e. The Morgan fingerprint density at radius 3 is 2.80 bits per heavy atom. The molecule has 1 N–H and O–H groups in total. The summed E-state index contributed by atoms with van der Waals surface area (Å²) >= 11 is 11.8. The van der Waals surface area contributed by atoms with E-state index in [-0.39, 0.29) is 12.4 Å². The quantitative estimate of drug-likeness (QED) is 0.694. The molecule has 0 spiro atoms. The average Bonchev–Trinajstić information content (AvgIpc) is 2.71. The Morgan fingerprint density at radius 2 is 2.20 bits per heavy atom. The fourth-order valence-electron chi connectivity index (χ4n) is 1.87. The highest BCUT2D eigenvalue weighted by molar-refractivity contribution is 6.35. The maximum atomic E-state index is 10.9. The van der Waals surface area contributed by atoms with E-state index in [1.54, 1.807) is 19.1 Å². The molecule has 0 aliphatic heterocycles. The van der Waals surface area contributed by atoms with Gasteiger partial charge in [-0.1, -0.05) is 29.3 Å². The minimum atomic E-state index is -0.994. The predicted octanol–water partition coefficient (Wildman–Crippen LogP) is 3.14. The van der Waals surface area contributed by atoms with Crippen molar-refractivity contribution >= 4 is 29.0 Å². The van der Waals surface area contributed by atoms with Gasteiger partial charge < -0.3 is 15.2 Å². The molecule has 8 heteroatoms. The van der Waals surface area contributed by atoms with E-state index in [0.717, 1.165) is 6.20 Å². The first-order valence-corrected chi connectivity index (χ1v) is 6.45. The van der Waals surface area contributed by atoms with Gasteiger partial charge in [0.25, 0.3) is 0 Å². The van der Waals surface area contributed by atoms with E-state index in [1.165, 1.54) is 10.6 Å². The zero-order chi connectivity index (χ0) is 14.9. The van der Waals surface area contributed by atoms with Crippen molar-refractivity contribution in [1.29, 1.82) is 0 Å². The zero-order valence-corrected chi connectivity index (χ0v) is 12.0. The van der Waals surface area contributed by atoms with Crippen LogP contribution < -0.4 is 0 Å². The summed E-state index contributed by atoms with van der Waals surface area (Å²) in [5, 5.41) is 21.8. The lowest BCUT2D eigenvalue weighted by Gasteiger charge is -2.12. The molecule has 0 radical (unpaired) electrons. The number of aromatic nitrogens is 2. The van der Waals surface area contributed by atoms with Gasteiger partial charge in [0.1, 0.15) is 18.8 Å². The molecule has 0 amide bonds. The van der Waals surface area contributed by atoms with Crippen molar-refractivity contribution in [1.82, 2.24) is 9.55 Å². The number of halogens is 2. The van der Waals surface area contributed by atoms with Gasteiger partial charge >= 0.3 is 5.82 Å². The van der Waals surface area contributed by atoms with Crippen LogP contribution in [0.25, 0.3) is 0 Å². The van der Waals surface area contributed by atoms with Gasteiger partial charge in [-0.2, -0.15) is 0 Å². The number of hydrogen-bond acceptors (Lipinski definition) is 4. The second-order valence-electron chi connectivity index (χ2n) is 4.21. The lowest BCUT2D eigenvalue weighted by molar-refractivity contribution is -0.392. The fraction of sp³-hybridized carbons (Fsp3) is 0.250. The normalized spacial score (nSPS) is 12.4. The Hall–Kier alpha value is -1.63. The molecule has 0 fully saturated rings. The molecule has 0 saturated heterocycles. The molecule has 1 atom stereocenters. The van der Waals surface area contributed by atoms with Crippen LogP contribution >= 0.6 is 23.2 Å². The van der Waals surface area contributed by atoms with Crippen molar-refractivity contribution in [2.24, 2.45) is 0 Å². The van der Waals surface area contributed by atoms with Crippen LogP contribution in [-0.2, 0) is 6.54 Å². The number of nitrogens with zero attached hydrogens (tertiary/aromatic N) is 3. The molecular weight excluding hydrogens is 305 g/mol. The second-order valence-corrected chi connectivity index (χ2v) is 5.06. The van der Waals surface area contributed by atoms with E-state index in [1.807, 2.05) is 0 Å². The number of rotatable bonds is 4. The molecule has 106 valence electrons. The van der Waals surface area contributed by atoms with Gasteiger partial charge in [-0.15, -0.1) is 0 Å². The summed E-state index contributed by atoms with van der Waals surface area (Å²) in [6, 6.07) is 4.70. The van der Waals surface area contributed by atoms with E-state index in [9.17, 15) is 15.2 Å². The molecule has 1 unspecified atom stereocenters. The lowest BCUT2D eigenvalue weighted by atomic mass is 10.1. The summed E-state index contributed by atoms with van der Waals surface area (Å²) in [5.74, 6) is 0.271. The van der Waals surface area contributed by atoms with Crippen LogP contribution in [0.1, 0.15) is 17.5 Å². The predicted molar refractivity (Wildman–Crippen MR) is 75.0 cm³/mol. The van der Waals surface area contributed by atoms with Crippen LogP contribution in [0.5, 0.6) is 0 Å². The molecular formula is C12H11Cl2N3O3. The van der Waals surface area contributed by atoms with Gasteiger partial charge in [-0.05, 0) is 17.1 Å². The molecule has 2 rings (SSSR count). The van der Waals surface area contributed by atoms with E-state index in [0.29, 0.717) is 21.4 Å². The number of nitro groups is 1. The van der Waals surface area contributed by atoms with Crippen molar-refractivity contribution < 1.29 is 10.0 Å². The highest BCUT2D eigenvalue weighted by Crippen LogP contribution is 2.28. The number of benzene rings is 1. The standard InChI is InChI=1S/C12H11Cl2N3O3/c1-7-15-5-12(17(19)20)16(7)6-11(18)9-3-2-8(13)4-10(9)14/h2-5,11,18H,6H2,1H3. The minimum Gasteiger partial charge on any atom is -0.384 e. The summed E-state index contributed by atoms with van der Waals surface area (Å²) < 4.78 is 1.33. The molecule has 1 aromatic carbocycles. The Morgan fingerprint density at radius 1 is 1.50 bits per heavy atom. The third-order valence-corrected chi connectivity index (χ3v) is 3.46. The second kappa shape index (κ2) is 5.78. The zero-order valence-electron chi connectivity index (χ0n) is 10.5. The van der Waals surface area contributed by atoms with Crippen LogP contribution in [0, 0.1) is 17.0 Å². The molecule has 0 bridgehead atoms. The number of aryl methyl sites for hydroxylation is 1. The number of aliphatic hydroxyl groups excluding tert-OH is 1. The maximum Gasteiger partial charge on any atom is 0.342 e. The molecule has 2 aromatic rings. The summed E-state index contributed by atoms with van der Waals surface area (Å²) in [5.41, 5.74) is 0.457. The highest BCUT2D eigenvalue weighted by Gasteiger charge is 2.22. The van der Waals surface area contributed by atoms with Crippen molar-refractivity contribution in [2.45, 2.75) is 19.6 Å². The van der Waals surface area contributed by atoms with Gasteiger partial charge in [0.05, 0.1) is 0 Å². The third-order valence-electron chi connectivity index (χ3n) is 2.90.